The highest BCUT2D eigenvalue weighted by Crippen LogP contribution is 2.31. The number of aliphatic carboxylic acids is 1. The maximum atomic E-state index is 10.8. The molecule has 0 aliphatic rings. The third kappa shape index (κ3) is 3.16. The van der Waals surface area contributed by atoms with Gasteiger partial charge in [0.1, 0.15) is 5.75 Å². The van der Waals surface area contributed by atoms with Crippen LogP contribution in [0.5, 0.6) is 5.75 Å². The Hall–Kier alpha value is -2.33. The average Bonchev–Trinajstić information content (AvgIpc) is 2.46. The van der Waals surface area contributed by atoms with Crippen LogP contribution in [0.1, 0.15) is 18.0 Å². The predicted octanol–water partition coefficient (Wildman–Crippen LogP) is 2.84. The van der Waals surface area contributed by atoms with Gasteiger partial charge in [-0.2, -0.15) is 0 Å². The van der Waals surface area contributed by atoms with Crippen LogP contribution >= 0.6 is 0 Å². The molecule has 0 saturated carbocycles. The van der Waals surface area contributed by atoms with E-state index < -0.39 is 12.0 Å². The van der Waals surface area contributed by atoms with Crippen molar-refractivity contribution in [3.8, 4) is 16.9 Å². The summed E-state index contributed by atoms with van der Waals surface area (Å²) in [5, 5.41) is 8.87. The van der Waals surface area contributed by atoms with Gasteiger partial charge >= 0.3 is 5.97 Å². The topological polar surface area (TPSA) is 72.5 Å². The molecule has 0 heterocycles. The lowest BCUT2D eigenvalue weighted by Crippen LogP contribution is -2.16. The summed E-state index contributed by atoms with van der Waals surface area (Å²) in [6.45, 7) is 0. The number of nitrogens with two attached hydrogens (primary N) is 1. The number of carboxylic acids is 1. The molecule has 4 nitrogen and oxygen atoms in total. The molecule has 0 amide bonds. The molecule has 20 heavy (non-hydrogen) atoms. The second kappa shape index (κ2) is 6.21. The van der Waals surface area contributed by atoms with Gasteiger partial charge in [-0.1, -0.05) is 36.4 Å². The van der Waals surface area contributed by atoms with Crippen molar-refractivity contribution in [1.29, 1.82) is 0 Å². The summed E-state index contributed by atoms with van der Waals surface area (Å²) in [5.41, 5.74) is 8.71. The normalized spacial score (nSPS) is 11.9. The van der Waals surface area contributed by atoms with Crippen LogP contribution in [0, 0.1) is 0 Å². The van der Waals surface area contributed by atoms with Crippen LogP contribution < -0.4 is 10.5 Å². The van der Waals surface area contributed by atoms with Gasteiger partial charge in [-0.3, -0.25) is 4.79 Å². The van der Waals surface area contributed by atoms with Crippen molar-refractivity contribution in [3.05, 3.63) is 54.1 Å². The molecule has 1 atom stereocenters. The quantitative estimate of drug-likeness (QED) is 0.877. The summed E-state index contributed by atoms with van der Waals surface area (Å²) in [6.07, 6.45) is -0.130. The minimum Gasteiger partial charge on any atom is -0.496 e. The Bertz CT molecular complexity index is 596. The summed E-state index contributed by atoms with van der Waals surface area (Å²) in [5.74, 6) is -0.317. The zero-order valence-electron chi connectivity index (χ0n) is 11.2. The fourth-order valence-electron chi connectivity index (χ4n) is 2.13. The summed E-state index contributed by atoms with van der Waals surface area (Å²) < 4.78 is 5.27. The lowest BCUT2D eigenvalue weighted by molar-refractivity contribution is -0.137. The Balaban J connectivity index is 2.41. The summed E-state index contributed by atoms with van der Waals surface area (Å²) in [6, 6.07) is 14.9. The number of carbonyl (C=O) groups is 1. The van der Waals surface area contributed by atoms with Crippen LogP contribution in [-0.4, -0.2) is 18.2 Å². The molecule has 1 unspecified atom stereocenters. The first-order chi connectivity index (χ1) is 9.61. The Morgan fingerprint density at radius 2 is 1.90 bits per heavy atom. The van der Waals surface area contributed by atoms with E-state index in [-0.39, 0.29) is 6.42 Å². The molecule has 2 aromatic carbocycles. The standard InChI is InChI=1S/C16H17NO3/c1-20-15-8-7-12(11-5-3-2-4-6-11)9-13(15)14(17)10-16(18)19/h2-9,14H,10,17H2,1H3,(H,18,19). The summed E-state index contributed by atoms with van der Waals surface area (Å²) in [4.78, 5) is 10.8. The second-order valence-electron chi connectivity index (χ2n) is 4.53. The van der Waals surface area contributed by atoms with Crippen molar-refractivity contribution in [1.82, 2.24) is 0 Å². The van der Waals surface area contributed by atoms with Crippen LogP contribution in [0.4, 0.5) is 0 Å². The highest BCUT2D eigenvalue weighted by molar-refractivity contribution is 5.70. The largest absolute Gasteiger partial charge is 0.496 e. The van der Waals surface area contributed by atoms with Crippen molar-refractivity contribution in [2.45, 2.75) is 12.5 Å². The minimum atomic E-state index is -0.926. The molecule has 0 aromatic heterocycles. The van der Waals surface area contributed by atoms with E-state index in [0.29, 0.717) is 11.3 Å². The van der Waals surface area contributed by atoms with E-state index in [1.165, 1.54) is 0 Å². The third-order valence-corrected chi connectivity index (χ3v) is 3.13. The van der Waals surface area contributed by atoms with E-state index in [0.717, 1.165) is 11.1 Å². The number of rotatable bonds is 5. The number of ether oxygens (including phenoxy) is 1. The lowest BCUT2D eigenvalue weighted by Gasteiger charge is -2.15. The first kappa shape index (κ1) is 14.1. The average molecular weight is 271 g/mol. The van der Waals surface area contributed by atoms with E-state index in [9.17, 15) is 4.79 Å². The zero-order chi connectivity index (χ0) is 14.5. The maximum absolute atomic E-state index is 10.8. The molecule has 104 valence electrons. The molecule has 3 N–H and O–H groups in total. The predicted molar refractivity (Wildman–Crippen MR) is 77.6 cm³/mol. The number of hydrogen-bond donors (Lipinski definition) is 2. The molecule has 2 rings (SSSR count). The molecule has 0 saturated heterocycles. The molecule has 0 radical (unpaired) electrons. The highest BCUT2D eigenvalue weighted by atomic mass is 16.5. The first-order valence-electron chi connectivity index (χ1n) is 6.32. The molecule has 2 aromatic rings. The van der Waals surface area contributed by atoms with Crippen LogP contribution in [0.3, 0.4) is 0 Å². The van der Waals surface area contributed by atoms with E-state index in [2.05, 4.69) is 0 Å². The molecule has 4 heteroatoms. The van der Waals surface area contributed by atoms with Gasteiger partial charge in [0, 0.05) is 11.6 Å². The van der Waals surface area contributed by atoms with Gasteiger partial charge < -0.3 is 15.6 Å². The van der Waals surface area contributed by atoms with Gasteiger partial charge in [-0.05, 0) is 23.3 Å². The van der Waals surface area contributed by atoms with Crippen LogP contribution in [0.2, 0.25) is 0 Å². The number of methoxy groups -OCH3 is 1. The molecule has 0 aliphatic carbocycles. The van der Waals surface area contributed by atoms with E-state index in [4.69, 9.17) is 15.6 Å². The number of benzene rings is 2. The van der Waals surface area contributed by atoms with E-state index >= 15 is 0 Å². The van der Waals surface area contributed by atoms with Gasteiger partial charge in [0.2, 0.25) is 0 Å². The fraction of sp³-hybridized carbons (Fsp3) is 0.188. The highest BCUT2D eigenvalue weighted by Gasteiger charge is 2.16. The van der Waals surface area contributed by atoms with Crippen molar-refractivity contribution < 1.29 is 14.6 Å². The lowest BCUT2D eigenvalue weighted by atomic mass is 9.97. The molecule has 0 spiro atoms. The van der Waals surface area contributed by atoms with Gasteiger partial charge in [0.05, 0.1) is 13.5 Å². The monoisotopic (exact) mass is 271 g/mol. The van der Waals surface area contributed by atoms with Crippen molar-refractivity contribution in [2.24, 2.45) is 5.73 Å². The van der Waals surface area contributed by atoms with Gasteiger partial charge in [-0.25, -0.2) is 0 Å². The van der Waals surface area contributed by atoms with E-state index in [1.807, 2.05) is 48.5 Å². The Morgan fingerprint density at radius 3 is 2.50 bits per heavy atom. The van der Waals surface area contributed by atoms with Crippen LogP contribution in [0.25, 0.3) is 11.1 Å². The van der Waals surface area contributed by atoms with Gasteiger partial charge in [0.25, 0.3) is 0 Å². The van der Waals surface area contributed by atoms with Gasteiger partial charge in [0.15, 0.2) is 0 Å². The Kier molecular flexibility index (Phi) is 4.38. The smallest absolute Gasteiger partial charge is 0.305 e. The Morgan fingerprint density at radius 1 is 1.20 bits per heavy atom. The van der Waals surface area contributed by atoms with Crippen LogP contribution in [0.15, 0.2) is 48.5 Å². The molecular formula is C16H17NO3. The molecule has 0 fully saturated rings. The number of carboxylic acid groups (broad SMARTS) is 1. The fourth-order valence-corrected chi connectivity index (χ4v) is 2.13. The van der Waals surface area contributed by atoms with Crippen molar-refractivity contribution in [3.63, 3.8) is 0 Å². The third-order valence-electron chi connectivity index (χ3n) is 3.13. The number of hydrogen-bond acceptors (Lipinski definition) is 3. The van der Waals surface area contributed by atoms with Crippen molar-refractivity contribution in [2.75, 3.05) is 7.11 Å². The van der Waals surface area contributed by atoms with Crippen molar-refractivity contribution >= 4 is 5.97 Å². The van der Waals surface area contributed by atoms with Gasteiger partial charge in [-0.15, -0.1) is 0 Å². The second-order valence-corrected chi connectivity index (χ2v) is 4.53. The van der Waals surface area contributed by atoms with E-state index in [1.54, 1.807) is 7.11 Å². The SMILES string of the molecule is COc1ccc(-c2ccccc2)cc1C(N)CC(=O)O. The molecule has 0 bridgehead atoms. The maximum Gasteiger partial charge on any atom is 0.305 e. The van der Waals surface area contributed by atoms with Crippen LogP contribution in [-0.2, 0) is 4.79 Å². The summed E-state index contributed by atoms with van der Waals surface area (Å²) >= 11 is 0. The molecular weight excluding hydrogens is 254 g/mol. The molecule has 0 aliphatic heterocycles. The Labute approximate surface area is 117 Å². The minimum absolute atomic E-state index is 0.130. The summed E-state index contributed by atoms with van der Waals surface area (Å²) in [7, 11) is 1.55. The first-order valence-corrected chi connectivity index (χ1v) is 6.32. The zero-order valence-corrected chi connectivity index (χ0v) is 11.2.